The number of nitrogens with zero attached hydrogens (tertiary/aromatic N) is 1. The Morgan fingerprint density at radius 3 is 2.17 bits per heavy atom. The molecule has 0 N–H and O–H groups in total. The molecule has 8 heteroatoms. The molecule has 0 bridgehead atoms. The normalized spacial score (nSPS) is 12.4. The van der Waals surface area contributed by atoms with Crippen molar-refractivity contribution in [3.8, 4) is 0 Å². The van der Waals surface area contributed by atoms with E-state index in [1.807, 2.05) is 0 Å². The second-order valence-electron chi connectivity index (χ2n) is 3.42. The standard InChI is InChI=1S/C10H7F6NO/c1-17(7-4-2-3-6(11)5-7)8(18)9(12,13)10(14,15)16/h2-5H,1H3. The van der Waals surface area contributed by atoms with Gasteiger partial charge in [-0.2, -0.15) is 22.0 Å². The lowest BCUT2D eigenvalue weighted by Gasteiger charge is -2.24. The van der Waals surface area contributed by atoms with Crippen molar-refractivity contribution in [2.75, 3.05) is 11.9 Å². The van der Waals surface area contributed by atoms with E-state index in [9.17, 15) is 31.1 Å². The first-order valence-electron chi connectivity index (χ1n) is 4.55. The molecule has 1 aromatic carbocycles. The highest BCUT2D eigenvalue weighted by Gasteiger charge is 2.64. The molecule has 0 spiro atoms. The van der Waals surface area contributed by atoms with E-state index in [2.05, 4.69) is 0 Å². The molecule has 1 rings (SSSR count). The van der Waals surface area contributed by atoms with E-state index in [1.54, 1.807) is 0 Å². The first-order chi connectivity index (χ1) is 8.07. The van der Waals surface area contributed by atoms with Gasteiger partial charge in [-0.25, -0.2) is 4.39 Å². The number of hydrogen-bond donors (Lipinski definition) is 0. The van der Waals surface area contributed by atoms with Gasteiger partial charge in [0.1, 0.15) is 5.82 Å². The lowest BCUT2D eigenvalue weighted by molar-refractivity contribution is -0.268. The van der Waals surface area contributed by atoms with Crippen molar-refractivity contribution in [3.63, 3.8) is 0 Å². The molecule has 1 amide bonds. The van der Waals surface area contributed by atoms with Crippen molar-refractivity contribution in [3.05, 3.63) is 30.1 Å². The minimum Gasteiger partial charge on any atom is -0.310 e. The number of rotatable bonds is 2. The molecule has 0 aliphatic rings. The van der Waals surface area contributed by atoms with Crippen LogP contribution in [0.3, 0.4) is 0 Å². The Hall–Kier alpha value is -1.73. The van der Waals surface area contributed by atoms with Crippen molar-refractivity contribution in [2.24, 2.45) is 0 Å². The van der Waals surface area contributed by atoms with Crippen molar-refractivity contribution >= 4 is 11.6 Å². The Morgan fingerprint density at radius 2 is 1.72 bits per heavy atom. The third kappa shape index (κ3) is 2.57. The van der Waals surface area contributed by atoms with Gasteiger partial charge in [-0.3, -0.25) is 4.79 Å². The van der Waals surface area contributed by atoms with E-state index >= 15 is 0 Å². The summed E-state index contributed by atoms with van der Waals surface area (Å²) in [4.78, 5) is 11.1. The number of halogens is 6. The predicted molar refractivity (Wildman–Crippen MR) is 50.8 cm³/mol. The molecule has 0 aliphatic heterocycles. The van der Waals surface area contributed by atoms with Crippen LogP contribution in [0, 0.1) is 5.82 Å². The molecule has 0 saturated carbocycles. The number of anilines is 1. The molecule has 1 aromatic rings. The molecule has 0 atom stereocenters. The fourth-order valence-electron chi connectivity index (χ4n) is 1.13. The molecule has 0 aliphatic carbocycles. The number of hydrogen-bond acceptors (Lipinski definition) is 1. The largest absolute Gasteiger partial charge is 0.463 e. The van der Waals surface area contributed by atoms with Crippen LogP contribution in [0.1, 0.15) is 0 Å². The van der Waals surface area contributed by atoms with Crippen LogP contribution in [0.5, 0.6) is 0 Å². The van der Waals surface area contributed by atoms with Crippen molar-refractivity contribution in [2.45, 2.75) is 12.1 Å². The van der Waals surface area contributed by atoms with Gasteiger partial charge in [-0.05, 0) is 18.2 Å². The van der Waals surface area contributed by atoms with E-state index in [4.69, 9.17) is 0 Å². The van der Waals surface area contributed by atoms with Crippen LogP contribution in [-0.4, -0.2) is 25.1 Å². The molecule has 18 heavy (non-hydrogen) atoms. The van der Waals surface area contributed by atoms with Crippen LogP contribution in [0.25, 0.3) is 0 Å². The number of carbonyl (C=O) groups is 1. The lowest BCUT2D eigenvalue weighted by atomic mass is 10.2. The van der Waals surface area contributed by atoms with Crippen molar-refractivity contribution < 1.29 is 31.1 Å². The van der Waals surface area contributed by atoms with Crippen LogP contribution >= 0.6 is 0 Å². The second kappa shape index (κ2) is 4.51. The molecule has 0 radical (unpaired) electrons. The maximum absolute atomic E-state index is 12.8. The topological polar surface area (TPSA) is 20.3 Å². The highest BCUT2D eigenvalue weighted by Crippen LogP contribution is 2.37. The van der Waals surface area contributed by atoms with Gasteiger partial charge in [-0.1, -0.05) is 6.07 Å². The van der Waals surface area contributed by atoms with E-state index in [0.717, 1.165) is 18.2 Å². The Kier molecular flexibility index (Phi) is 3.59. The maximum Gasteiger partial charge on any atom is 0.463 e. The van der Waals surface area contributed by atoms with Gasteiger partial charge in [0, 0.05) is 12.7 Å². The van der Waals surface area contributed by atoms with Crippen LogP contribution < -0.4 is 4.90 Å². The van der Waals surface area contributed by atoms with Gasteiger partial charge >= 0.3 is 18.0 Å². The van der Waals surface area contributed by atoms with E-state index in [1.165, 1.54) is 0 Å². The SMILES string of the molecule is CN(C(=O)C(F)(F)C(F)(F)F)c1cccc(F)c1. The molecule has 100 valence electrons. The van der Waals surface area contributed by atoms with E-state index in [-0.39, 0.29) is 4.90 Å². The molecule has 2 nitrogen and oxygen atoms in total. The van der Waals surface area contributed by atoms with Crippen LogP contribution in [0.15, 0.2) is 24.3 Å². The summed E-state index contributed by atoms with van der Waals surface area (Å²) in [6, 6.07) is 3.75. The van der Waals surface area contributed by atoms with Gasteiger partial charge < -0.3 is 4.90 Å². The van der Waals surface area contributed by atoms with Crippen molar-refractivity contribution in [1.29, 1.82) is 0 Å². The van der Waals surface area contributed by atoms with Gasteiger partial charge in [0.15, 0.2) is 0 Å². The fourth-order valence-corrected chi connectivity index (χ4v) is 1.13. The van der Waals surface area contributed by atoms with E-state index < -0.39 is 29.5 Å². The molecule has 0 unspecified atom stereocenters. The monoisotopic (exact) mass is 271 g/mol. The number of alkyl halides is 5. The Morgan fingerprint density at radius 1 is 1.17 bits per heavy atom. The summed E-state index contributed by atoms with van der Waals surface area (Å²) in [6.07, 6.45) is -5.99. The fraction of sp³-hybridized carbons (Fsp3) is 0.300. The third-order valence-corrected chi connectivity index (χ3v) is 2.12. The summed E-state index contributed by atoms with van der Waals surface area (Å²) in [6.45, 7) is 0. The quantitative estimate of drug-likeness (QED) is 0.757. The predicted octanol–water partition coefficient (Wildman–Crippen LogP) is 2.99. The van der Waals surface area contributed by atoms with Gasteiger partial charge in [-0.15, -0.1) is 0 Å². The van der Waals surface area contributed by atoms with Gasteiger partial charge in [0.2, 0.25) is 0 Å². The lowest BCUT2D eigenvalue weighted by Crippen LogP contribution is -2.51. The van der Waals surface area contributed by atoms with Gasteiger partial charge in [0.05, 0.1) is 0 Å². The third-order valence-electron chi connectivity index (χ3n) is 2.12. The molecular formula is C10H7F6NO. The highest BCUT2D eigenvalue weighted by molar-refractivity contribution is 5.98. The summed E-state index contributed by atoms with van der Waals surface area (Å²) in [5.74, 6) is -8.85. The summed E-state index contributed by atoms with van der Waals surface area (Å²) in [5, 5.41) is 0. The average molecular weight is 271 g/mol. The van der Waals surface area contributed by atoms with Gasteiger partial charge in [0.25, 0.3) is 0 Å². The summed E-state index contributed by atoms with van der Waals surface area (Å²) < 4.78 is 74.2. The smallest absolute Gasteiger partial charge is 0.310 e. The number of carbonyl (C=O) groups excluding carboxylic acids is 1. The molecule has 0 aromatic heterocycles. The average Bonchev–Trinajstić information content (AvgIpc) is 2.25. The Bertz CT molecular complexity index is 456. The Labute approximate surface area is 97.8 Å². The second-order valence-corrected chi connectivity index (χ2v) is 3.42. The molecular weight excluding hydrogens is 264 g/mol. The molecule has 0 saturated heterocycles. The summed E-state index contributed by atoms with van der Waals surface area (Å²) in [5.41, 5.74) is -0.399. The maximum atomic E-state index is 12.8. The number of amides is 1. The minimum atomic E-state index is -5.99. The Balaban J connectivity index is 3.05. The van der Waals surface area contributed by atoms with Crippen LogP contribution in [0.4, 0.5) is 32.0 Å². The zero-order valence-corrected chi connectivity index (χ0v) is 8.93. The highest BCUT2D eigenvalue weighted by atomic mass is 19.4. The first kappa shape index (κ1) is 14.3. The van der Waals surface area contributed by atoms with Crippen LogP contribution in [-0.2, 0) is 4.79 Å². The minimum absolute atomic E-state index is 0.0522. The van der Waals surface area contributed by atoms with Crippen LogP contribution in [0.2, 0.25) is 0 Å². The molecule has 0 heterocycles. The van der Waals surface area contributed by atoms with E-state index in [0.29, 0.717) is 13.1 Å². The first-order valence-corrected chi connectivity index (χ1v) is 4.55. The summed E-state index contributed by atoms with van der Waals surface area (Å²) >= 11 is 0. The summed E-state index contributed by atoms with van der Waals surface area (Å²) in [7, 11) is 0.705. The zero-order valence-electron chi connectivity index (χ0n) is 8.93. The zero-order chi connectivity index (χ0) is 14.1. The molecule has 0 fully saturated rings. The van der Waals surface area contributed by atoms with Crippen molar-refractivity contribution in [1.82, 2.24) is 0 Å². The number of benzene rings is 1.